The second-order valence-corrected chi connectivity index (χ2v) is 7.35. The first kappa shape index (κ1) is 13.9. The summed E-state index contributed by atoms with van der Waals surface area (Å²) in [4.78, 5) is 11.9. The van der Waals surface area contributed by atoms with Crippen molar-refractivity contribution in [3.8, 4) is 0 Å². The second-order valence-electron chi connectivity index (χ2n) is 3.63. The van der Waals surface area contributed by atoms with Crippen LogP contribution in [0, 0.1) is 6.92 Å². The third-order valence-electron chi connectivity index (χ3n) is 2.12. The molecule has 0 spiro atoms. The molecule has 100 valence electrons. The molecule has 2 aromatic rings. The van der Waals surface area contributed by atoms with Crippen molar-refractivity contribution < 1.29 is 13.2 Å². The van der Waals surface area contributed by atoms with E-state index < -0.39 is 15.0 Å². The first-order chi connectivity index (χ1) is 8.86. The van der Waals surface area contributed by atoms with E-state index in [1.807, 2.05) is 13.0 Å². The topological polar surface area (TPSA) is 89.0 Å². The van der Waals surface area contributed by atoms with Crippen molar-refractivity contribution in [2.75, 3.05) is 5.32 Å². The van der Waals surface area contributed by atoms with Crippen molar-refractivity contribution in [3.63, 3.8) is 0 Å². The number of amides is 1. The number of aryl methyl sites for hydroxylation is 1. The summed E-state index contributed by atoms with van der Waals surface area (Å²) in [6.45, 7) is 1.86. The van der Waals surface area contributed by atoms with E-state index >= 15 is 0 Å². The maximum Gasteiger partial charge on any atom is 0.290 e. The Morgan fingerprint density at radius 1 is 1.37 bits per heavy atom. The minimum Gasteiger partial charge on any atom is -0.296 e. The zero-order valence-electron chi connectivity index (χ0n) is 9.62. The standard InChI is InChI=1S/C10H8ClN3O3S2/c1-6-3-2-4-7(5-6)8(15)12-9-13-14-10(18-9)19(11,16)17/h2-5H,1H3,(H,12,13,15). The Morgan fingerprint density at radius 3 is 2.68 bits per heavy atom. The Kier molecular flexibility index (Phi) is 3.83. The Balaban J connectivity index is 2.18. The largest absolute Gasteiger partial charge is 0.296 e. The van der Waals surface area contributed by atoms with Crippen LogP contribution in [0.15, 0.2) is 28.6 Å². The third-order valence-corrected chi connectivity index (χ3v) is 4.87. The lowest BCUT2D eigenvalue weighted by atomic mass is 10.1. The van der Waals surface area contributed by atoms with Gasteiger partial charge in [-0.05, 0) is 19.1 Å². The van der Waals surface area contributed by atoms with Crippen LogP contribution in [-0.2, 0) is 9.05 Å². The van der Waals surface area contributed by atoms with Gasteiger partial charge in [0.1, 0.15) is 0 Å². The van der Waals surface area contributed by atoms with Gasteiger partial charge in [-0.25, -0.2) is 8.42 Å². The number of hydrogen-bond donors (Lipinski definition) is 1. The Labute approximate surface area is 117 Å². The lowest BCUT2D eigenvalue weighted by Crippen LogP contribution is -2.11. The van der Waals surface area contributed by atoms with Crippen molar-refractivity contribution >= 4 is 42.1 Å². The maximum atomic E-state index is 11.9. The molecule has 1 N–H and O–H groups in total. The van der Waals surface area contributed by atoms with Crippen molar-refractivity contribution in [1.29, 1.82) is 0 Å². The van der Waals surface area contributed by atoms with Crippen molar-refractivity contribution in [2.45, 2.75) is 11.3 Å². The molecular formula is C10H8ClN3O3S2. The van der Waals surface area contributed by atoms with Crippen LogP contribution in [0.3, 0.4) is 0 Å². The van der Waals surface area contributed by atoms with Gasteiger partial charge in [0, 0.05) is 16.2 Å². The first-order valence-corrected chi connectivity index (χ1v) is 8.15. The molecule has 0 unspecified atom stereocenters. The number of benzene rings is 1. The molecule has 9 heteroatoms. The lowest BCUT2D eigenvalue weighted by molar-refractivity contribution is 0.102. The van der Waals surface area contributed by atoms with Gasteiger partial charge in [0.15, 0.2) is 0 Å². The maximum absolute atomic E-state index is 11.9. The number of rotatable bonds is 3. The molecule has 0 saturated carbocycles. The number of carbonyl (C=O) groups is 1. The molecule has 0 fully saturated rings. The second kappa shape index (κ2) is 5.24. The monoisotopic (exact) mass is 317 g/mol. The summed E-state index contributed by atoms with van der Waals surface area (Å²) < 4.78 is 21.7. The lowest BCUT2D eigenvalue weighted by Gasteiger charge is -2.01. The third kappa shape index (κ3) is 3.49. The van der Waals surface area contributed by atoms with Gasteiger partial charge in [0.2, 0.25) is 9.47 Å². The van der Waals surface area contributed by atoms with Gasteiger partial charge < -0.3 is 0 Å². The highest BCUT2D eigenvalue weighted by atomic mass is 35.7. The Bertz CT molecular complexity index is 727. The van der Waals surface area contributed by atoms with Crippen molar-refractivity contribution in [3.05, 3.63) is 35.4 Å². The first-order valence-electron chi connectivity index (χ1n) is 5.02. The van der Waals surface area contributed by atoms with E-state index in [1.54, 1.807) is 18.2 Å². The summed E-state index contributed by atoms with van der Waals surface area (Å²) in [5, 5.41) is 9.46. The molecule has 2 rings (SSSR count). The summed E-state index contributed by atoms with van der Waals surface area (Å²) in [5.74, 6) is -0.390. The van der Waals surface area contributed by atoms with Gasteiger partial charge in [-0.15, -0.1) is 10.2 Å². The molecule has 0 atom stereocenters. The number of hydrogen-bond acceptors (Lipinski definition) is 6. The number of carbonyl (C=O) groups excluding carboxylic acids is 1. The van der Waals surface area contributed by atoms with E-state index in [9.17, 15) is 13.2 Å². The molecule has 19 heavy (non-hydrogen) atoms. The Morgan fingerprint density at radius 2 is 2.11 bits per heavy atom. The summed E-state index contributed by atoms with van der Waals surface area (Å²) in [5.41, 5.74) is 1.39. The molecule has 0 radical (unpaired) electrons. The fourth-order valence-electron chi connectivity index (χ4n) is 1.31. The zero-order chi connectivity index (χ0) is 14.0. The van der Waals surface area contributed by atoms with Crippen LogP contribution < -0.4 is 5.32 Å². The molecule has 1 amide bonds. The normalized spacial score (nSPS) is 11.3. The molecular weight excluding hydrogens is 310 g/mol. The van der Waals surface area contributed by atoms with Crippen LogP contribution in [0.2, 0.25) is 0 Å². The van der Waals surface area contributed by atoms with Crippen LogP contribution in [0.4, 0.5) is 5.13 Å². The fourth-order valence-corrected chi connectivity index (χ4v) is 2.94. The number of nitrogens with zero attached hydrogens (tertiary/aromatic N) is 2. The van der Waals surface area contributed by atoms with E-state index in [0.717, 1.165) is 5.56 Å². The van der Waals surface area contributed by atoms with E-state index in [4.69, 9.17) is 10.7 Å². The average molecular weight is 318 g/mol. The van der Waals surface area contributed by atoms with Gasteiger partial charge in [-0.2, -0.15) is 0 Å². The van der Waals surface area contributed by atoms with Crippen LogP contribution in [0.25, 0.3) is 0 Å². The molecule has 0 aliphatic rings. The molecule has 6 nitrogen and oxygen atoms in total. The highest BCUT2D eigenvalue weighted by molar-refractivity contribution is 8.15. The fraction of sp³-hybridized carbons (Fsp3) is 0.100. The van der Waals surface area contributed by atoms with Crippen molar-refractivity contribution in [1.82, 2.24) is 10.2 Å². The molecule has 1 aromatic heterocycles. The summed E-state index contributed by atoms with van der Waals surface area (Å²) in [6.07, 6.45) is 0. The van der Waals surface area contributed by atoms with Crippen LogP contribution in [0.5, 0.6) is 0 Å². The van der Waals surface area contributed by atoms with Crippen LogP contribution in [0.1, 0.15) is 15.9 Å². The highest BCUT2D eigenvalue weighted by Gasteiger charge is 2.18. The van der Waals surface area contributed by atoms with E-state index in [-0.39, 0.29) is 9.47 Å². The zero-order valence-corrected chi connectivity index (χ0v) is 12.0. The van der Waals surface area contributed by atoms with Crippen molar-refractivity contribution in [2.24, 2.45) is 0 Å². The Hall–Kier alpha value is -1.51. The number of anilines is 1. The van der Waals surface area contributed by atoms with Gasteiger partial charge >= 0.3 is 0 Å². The van der Waals surface area contributed by atoms with E-state index in [2.05, 4.69) is 15.5 Å². The van der Waals surface area contributed by atoms with E-state index in [0.29, 0.717) is 16.9 Å². The summed E-state index contributed by atoms with van der Waals surface area (Å²) in [7, 11) is 1.19. The molecule has 0 bridgehead atoms. The van der Waals surface area contributed by atoms with Gasteiger partial charge in [0.25, 0.3) is 15.0 Å². The van der Waals surface area contributed by atoms with Gasteiger partial charge in [-0.3, -0.25) is 10.1 Å². The number of aromatic nitrogens is 2. The van der Waals surface area contributed by atoms with Gasteiger partial charge in [-0.1, -0.05) is 29.0 Å². The van der Waals surface area contributed by atoms with Crippen LogP contribution in [-0.4, -0.2) is 24.5 Å². The van der Waals surface area contributed by atoms with Gasteiger partial charge in [0.05, 0.1) is 0 Å². The minimum absolute atomic E-state index is 0.0748. The smallest absolute Gasteiger partial charge is 0.290 e. The molecule has 1 heterocycles. The molecule has 0 aliphatic carbocycles. The predicted octanol–water partition coefficient (Wildman–Crippen LogP) is 2.03. The summed E-state index contributed by atoms with van der Waals surface area (Å²) in [6, 6.07) is 6.96. The van der Waals surface area contributed by atoms with Crippen LogP contribution >= 0.6 is 22.0 Å². The number of halogens is 1. The summed E-state index contributed by atoms with van der Waals surface area (Å²) >= 11 is 0.693. The highest BCUT2D eigenvalue weighted by Crippen LogP contribution is 2.23. The number of nitrogens with one attached hydrogen (secondary N) is 1. The molecule has 0 saturated heterocycles. The molecule has 0 aliphatic heterocycles. The van der Waals surface area contributed by atoms with E-state index in [1.165, 1.54) is 0 Å². The molecule has 1 aromatic carbocycles. The predicted molar refractivity (Wildman–Crippen MR) is 72.1 cm³/mol. The average Bonchev–Trinajstić information content (AvgIpc) is 2.77. The minimum atomic E-state index is -3.92. The SMILES string of the molecule is Cc1cccc(C(=O)Nc2nnc(S(=O)(=O)Cl)s2)c1. The quantitative estimate of drug-likeness (QED) is 0.691.